The lowest BCUT2D eigenvalue weighted by Crippen LogP contribution is -1.79. The monoisotopic (exact) mass is 350 g/mol. The van der Waals surface area contributed by atoms with Gasteiger partial charge in [0, 0.05) is 0 Å². The minimum Gasteiger partial charge on any atom is -0.172 e. The summed E-state index contributed by atoms with van der Waals surface area (Å²) in [7, 11) is 0. The van der Waals surface area contributed by atoms with Gasteiger partial charge in [0.25, 0.3) is 0 Å². The molecule has 0 spiro atoms. The van der Waals surface area contributed by atoms with E-state index >= 15 is 0 Å². The zero-order valence-corrected chi connectivity index (χ0v) is 10.8. The second-order valence-corrected chi connectivity index (χ2v) is 4.58. The van der Waals surface area contributed by atoms with Gasteiger partial charge in [-0.25, -0.2) is 0 Å². The standard InChI is InChI=1S/C6Br2N4O2S/c7-1-3(9-13)4(10-14)2(8)6-5(1)11-15-12-6. The highest BCUT2D eigenvalue weighted by Gasteiger charge is 2.21. The largest absolute Gasteiger partial charge is 0.172 e. The SMILES string of the molecule is O=Nc1c(N=O)c(Br)c2nsnc2c1Br. The van der Waals surface area contributed by atoms with Crippen molar-refractivity contribution in [1.82, 2.24) is 8.75 Å². The summed E-state index contributed by atoms with van der Waals surface area (Å²) >= 11 is 7.25. The first-order valence-electron chi connectivity index (χ1n) is 3.50. The molecule has 76 valence electrons. The molecular formula is C6Br2N4O2S. The van der Waals surface area contributed by atoms with Crippen molar-refractivity contribution in [2.45, 2.75) is 0 Å². The topological polar surface area (TPSA) is 84.6 Å². The molecule has 0 aliphatic heterocycles. The number of aromatic nitrogens is 2. The summed E-state index contributed by atoms with van der Waals surface area (Å²) in [6, 6.07) is 0. The Kier molecular flexibility index (Phi) is 2.85. The van der Waals surface area contributed by atoms with Crippen LogP contribution in [0.15, 0.2) is 19.3 Å². The van der Waals surface area contributed by atoms with Crippen molar-refractivity contribution in [2.75, 3.05) is 0 Å². The van der Waals surface area contributed by atoms with Crippen LogP contribution in [-0.2, 0) is 0 Å². The van der Waals surface area contributed by atoms with Gasteiger partial charge in [0.1, 0.15) is 11.0 Å². The number of fused-ring (bicyclic) bond motifs is 1. The molecule has 0 unspecified atom stereocenters. The number of rotatable bonds is 2. The Bertz CT molecular complexity index is 522. The number of halogens is 2. The van der Waals surface area contributed by atoms with Crippen molar-refractivity contribution in [3.8, 4) is 0 Å². The minimum absolute atomic E-state index is 0.0722. The predicted octanol–water partition coefficient (Wildman–Crippen LogP) is 4.01. The van der Waals surface area contributed by atoms with Crippen LogP contribution in [0.4, 0.5) is 11.4 Å². The summed E-state index contributed by atoms with van der Waals surface area (Å²) in [5.74, 6) is 0. The molecule has 1 aromatic carbocycles. The molecule has 0 atom stereocenters. The fourth-order valence-corrected chi connectivity index (χ4v) is 2.94. The molecule has 2 aromatic rings. The summed E-state index contributed by atoms with van der Waals surface area (Å²) in [5, 5.41) is 5.50. The highest BCUT2D eigenvalue weighted by Crippen LogP contribution is 2.46. The van der Waals surface area contributed by atoms with E-state index in [1.165, 1.54) is 0 Å². The van der Waals surface area contributed by atoms with Gasteiger partial charge in [-0.05, 0) is 42.2 Å². The second-order valence-electron chi connectivity index (χ2n) is 2.47. The molecule has 15 heavy (non-hydrogen) atoms. The molecule has 0 bridgehead atoms. The van der Waals surface area contributed by atoms with Crippen LogP contribution < -0.4 is 0 Å². The van der Waals surface area contributed by atoms with E-state index in [1.807, 2.05) is 0 Å². The lowest BCUT2D eigenvalue weighted by molar-refractivity contribution is 1.39. The van der Waals surface area contributed by atoms with Crippen LogP contribution in [0.1, 0.15) is 0 Å². The summed E-state index contributed by atoms with van der Waals surface area (Å²) in [5.41, 5.74) is 0.817. The van der Waals surface area contributed by atoms with Crippen molar-refractivity contribution < 1.29 is 0 Å². The number of nitroso groups, excluding NO2 is 2. The molecule has 0 amide bonds. The molecule has 1 aromatic heterocycles. The van der Waals surface area contributed by atoms with Gasteiger partial charge in [0.05, 0.1) is 20.7 Å². The van der Waals surface area contributed by atoms with E-state index in [9.17, 15) is 9.81 Å². The molecule has 6 nitrogen and oxygen atoms in total. The van der Waals surface area contributed by atoms with Crippen molar-refractivity contribution in [3.05, 3.63) is 18.8 Å². The third-order valence-corrected chi connectivity index (χ3v) is 3.76. The summed E-state index contributed by atoms with van der Waals surface area (Å²) in [6.45, 7) is 0. The maximum absolute atomic E-state index is 10.6. The number of nitrogens with zero attached hydrogens (tertiary/aromatic N) is 4. The third kappa shape index (κ3) is 1.50. The number of hydrogen-bond acceptors (Lipinski definition) is 7. The average Bonchev–Trinajstić information content (AvgIpc) is 2.72. The van der Waals surface area contributed by atoms with E-state index in [-0.39, 0.29) is 11.4 Å². The fourth-order valence-electron chi connectivity index (χ4n) is 1.08. The van der Waals surface area contributed by atoms with Crippen molar-refractivity contribution in [3.63, 3.8) is 0 Å². The molecule has 0 aliphatic rings. The Morgan fingerprint density at radius 2 is 1.33 bits per heavy atom. The Morgan fingerprint density at radius 1 is 0.933 bits per heavy atom. The van der Waals surface area contributed by atoms with Gasteiger partial charge in [-0.15, -0.1) is 9.81 Å². The van der Waals surface area contributed by atoms with Crippen LogP contribution in [-0.4, -0.2) is 8.75 Å². The predicted molar refractivity (Wildman–Crippen MR) is 63.7 cm³/mol. The minimum atomic E-state index is -0.0722. The molecule has 0 radical (unpaired) electrons. The Hall–Kier alpha value is -0.800. The van der Waals surface area contributed by atoms with Crippen LogP contribution >= 0.6 is 43.6 Å². The van der Waals surface area contributed by atoms with Crippen LogP contribution in [0.2, 0.25) is 0 Å². The number of benzene rings is 1. The second kappa shape index (κ2) is 3.99. The Morgan fingerprint density at radius 3 is 1.67 bits per heavy atom. The summed E-state index contributed by atoms with van der Waals surface area (Å²) < 4.78 is 8.61. The van der Waals surface area contributed by atoms with Gasteiger partial charge < -0.3 is 0 Å². The van der Waals surface area contributed by atoms with Gasteiger partial charge in [0.2, 0.25) is 0 Å². The van der Waals surface area contributed by atoms with Crippen LogP contribution in [0.25, 0.3) is 11.0 Å². The van der Waals surface area contributed by atoms with Crippen molar-refractivity contribution in [1.29, 1.82) is 0 Å². The van der Waals surface area contributed by atoms with Crippen molar-refractivity contribution in [2.24, 2.45) is 10.4 Å². The first-order chi connectivity index (χ1) is 7.20. The van der Waals surface area contributed by atoms with E-state index in [4.69, 9.17) is 0 Å². The molecule has 9 heteroatoms. The molecule has 1 heterocycles. The molecular weight excluding hydrogens is 352 g/mol. The van der Waals surface area contributed by atoms with Crippen molar-refractivity contribution >= 4 is 66.0 Å². The lowest BCUT2D eigenvalue weighted by Gasteiger charge is -2.01. The van der Waals surface area contributed by atoms with Crippen LogP contribution in [0.5, 0.6) is 0 Å². The van der Waals surface area contributed by atoms with Gasteiger partial charge >= 0.3 is 0 Å². The lowest BCUT2D eigenvalue weighted by atomic mass is 10.2. The van der Waals surface area contributed by atoms with E-state index in [2.05, 4.69) is 51.0 Å². The quantitative estimate of drug-likeness (QED) is 0.765. The molecule has 0 fully saturated rings. The van der Waals surface area contributed by atoms with E-state index in [0.717, 1.165) is 11.7 Å². The maximum atomic E-state index is 10.6. The summed E-state index contributed by atoms with van der Waals surface area (Å²) in [6.07, 6.45) is 0. The Labute approximate surface area is 104 Å². The Balaban J connectivity index is 3.02. The van der Waals surface area contributed by atoms with E-state index in [0.29, 0.717) is 20.0 Å². The van der Waals surface area contributed by atoms with E-state index < -0.39 is 0 Å². The molecule has 0 saturated heterocycles. The highest BCUT2D eigenvalue weighted by atomic mass is 79.9. The van der Waals surface area contributed by atoms with Crippen LogP contribution in [0.3, 0.4) is 0 Å². The maximum Gasteiger partial charge on any atom is 0.154 e. The first kappa shape index (κ1) is 10.7. The van der Waals surface area contributed by atoms with Gasteiger partial charge in [-0.3, -0.25) is 0 Å². The van der Waals surface area contributed by atoms with Gasteiger partial charge in [-0.1, -0.05) is 0 Å². The molecule has 0 aliphatic carbocycles. The summed E-state index contributed by atoms with van der Waals surface area (Å²) in [4.78, 5) is 21.2. The average molecular weight is 352 g/mol. The zero-order chi connectivity index (χ0) is 11.0. The normalized spacial score (nSPS) is 10.5. The van der Waals surface area contributed by atoms with Crippen LogP contribution in [0, 0.1) is 9.81 Å². The first-order valence-corrected chi connectivity index (χ1v) is 5.82. The smallest absolute Gasteiger partial charge is 0.154 e. The fraction of sp³-hybridized carbons (Fsp3) is 0. The van der Waals surface area contributed by atoms with E-state index in [1.54, 1.807) is 0 Å². The molecule has 0 saturated carbocycles. The zero-order valence-electron chi connectivity index (χ0n) is 6.77. The number of hydrogen-bond donors (Lipinski definition) is 0. The molecule has 2 rings (SSSR count). The van der Waals surface area contributed by atoms with Gasteiger partial charge in [0.15, 0.2) is 11.4 Å². The molecule has 0 N–H and O–H groups in total. The van der Waals surface area contributed by atoms with Gasteiger partial charge in [-0.2, -0.15) is 8.75 Å². The third-order valence-electron chi connectivity index (χ3n) is 1.73. The highest BCUT2D eigenvalue weighted by molar-refractivity contribution is 9.11.